The summed E-state index contributed by atoms with van der Waals surface area (Å²) < 4.78 is 27.5. The normalized spacial score (nSPS) is 13.9. The van der Waals surface area contributed by atoms with Gasteiger partial charge in [-0.15, -0.1) is 0 Å². The molecular formula is C13H24N4O2S. The third kappa shape index (κ3) is 5.07. The van der Waals surface area contributed by atoms with Gasteiger partial charge in [-0.2, -0.15) is 0 Å². The van der Waals surface area contributed by atoms with Crippen LogP contribution in [0.4, 0.5) is 5.69 Å². The molecule has 6 nitrogen and oxygen atoms in total. The van der Waals surface area contributed by atoms with Gasteiger partial charge in [0.15, 0.2) is 0 Å². The van der Waals surface area contributed by atoms with E-state index in [-0.39, 0.29) is 16.6 Å². The Morgan fingerprint density at radius 3 is 2.55 bits per heavy atom. The molecule has 0 spiro atoms. The highest BCUT2D eigenvalue weighted by atomic mass is 32.2. The molecule has 0 radical (unpaired) electrons. The number of nitrogens with one attached hydrogen (secondary N) is 1. The van der Waals surface area contributed by atoms with E-state index in [9.17, 15) is 8.42 Å². The zero-order valence-electron chi connectivity index (χ0n) is 12.5. The van der Waals surface area contributed by atoms with Crippen LogP contribution in [0.3, 0.4) is 0 Å². The van der Waals surface area contributed by atoms with Crippen molar-refractivity contribution < 1.29 is 8.42 Å². The monoisotopic (exact) mass is 300 g/mol. The van der Waals surface area contributed by atoms with Crippen LogP contribution in [0.2, 0.25) is 0 Å². The average molecular weight is 300 g/mol. The smallest absolute Gasteiger partial charge is 0.244 e. The molecule has 114 valence electrons. The molecule has 0 aliphatic carbocycles. The van der Waals surface area contributed by atoms with Crippen LogP contribution in [0.15, 0.2) is 23.4 Å². The third-order valence-corrected chi connectivity index (χ3v) is 4.33. The quantitative estimate of drug-likeness (QED) is 0.781. The minimum atomic E-state index is -3.65. The van der Waals surface area contributed by atoms with E-state index < -0.39 is 10.0 Å². The molecule has 3 N–H and O–H groups in total. The molecule has 0 aliphatic heterocycles. The molecule has 0 saturated heterocycles. The van der Waals surface area contributed by atoms with Gasteiger partial charge < -0.3 is 10.6 Å². The van der Waals surface area contributed by atoms with Gasteiger partial charge in [-0.25, -0.2) is 13.1 Å². The van der Waals surface area contributed by atoms with Gasteiger partial charge in [-0.3, -0.25) is 4.98 Å². The Hall–Kier alpha value is -1.18. The van der Waals surface area contributed by atoms with E-state index in [1.165, 1.54) is 18.5 Å². The second-order valence-electron chi connectivity index (χ2n) is 5.62. The maximum absolute atomic E-state index is 12.4. The Labute approximate surface area is 121 Å². The van der Waals surface area contributed by atoms with Gasteiger partial charge in [0.25, 0.3) is 0 Å². The Kier molecular flexibility index (Phi) is 5.91. The number of rotatable bonds is 7. The molecule has 0 amide bonds. The molecule has 7 heteroatoms. The van der Waals surface area contributed by atoms with Gasteiger partial charge in [0.1, 0.15) is 4.90 Å². The van der Waals surface area contributed by atoms with Gasteiger partial charge in [0, 0.05) is 25.0 Å². The van der Waals surface area contributed by atoms with E-state index in [0.717, 1.165) is 6.42 Å². The highest BCUT2D eigenvalue weighted by Gasteiger charge is 2.23. The number of nitrogens with zero attached hydrogens (tertiary/aromatic N) is 2. The van der Waals surface area contributed by atoms with Crippen molar-refractivity contribution in [1.82, 2.24) is 14.6 Å². The number of pyridine rings is 1. The number of aromatic nitrogens is 1. The molecule has 1 heterocycles. The molecule has 0 fully saturated rings. The number of hydrogen-bond donors (Lipinski definition) is 2. The largest absolute Gasteiger partial charge is 0.398 e. The molecule has 0 aliphatic rings. The van der Waals surface area contributed by atoms with Crippen molar-refractivity contribution in [3.05, 3.63) is 18.5 Å². The van der Waals surface area contributed by atoms with Crippen molar-refractivity contribution >= 4 is 15.7 Å². The third-order valence-electron chi connectivity index (χ3n) is 2.77. The fourth-order valence-corrected chi connectivity index (χ4v) is 3.38. The summed E-state index contributed by atoms with van der Waals surface area (Å²) in [6, 6.07) is 1.33. The van der Waals surface area contributed by atoms with E-state index in [1.807, 2.05) is 19.0 Å². The molecule has 1 aromatic rings. The van der Waals surface area contributed by atoms with Crippen LogP contribution in [0.1, 0.15) is 20.3 Å². The van der Waals surface area contributed by atoms with Gasteiger partial charge >= 0.3 is 0 Å². The first-order valence-corrected chi connectivity index (χ1v) is 8.07. The summed E-state index contributed by atoms with van der Waals surface area (Å²) in [5.74, 6) is 0.397. The summed E-state index contributed by atoms with van der Waals surface area (Å²) in [4.78, 5) is 5.83. The first-order chi connectivity index (χ1) is 9.22. The number of sulfonamides is 1. The molecule has 0 bridgehead atoms. The SMILES string of the molecule is CC(C)CC(CN(C)C)NS(=O)(=O)c1cnccc1N. The van der Waals surface area contributed by atoms with E-state index >= 15 is 0 Å². The van der Waals surface area contributed by atoms with Gasteiger partial charge in [-0.1, -0.05) is 13.8 Å². The lowest BCUT2D eigenvalue weighted by Crippen LogP contribution is -2.42. The molecule has 0 saturated carbocycles. The molecule has 1 atom stereocenters. The van der Waals surface area contributed by atoms with Crippen molar-refractivity contribution in [2.45, 2.75) is 31.2 Å². The molecule has 20 heavy (non-hydrogen) atoms. The number of nitrogens with two attached hydrogens (primary N) is 1. The second kappa shape index (κ2) is 7.01. The summed E-state index contributed by atoms with van der Waals surface area (Å²) in [6.45, 7) is 4.77. The number of likely N-dealkylation sites (N-methyl/N-ethyl adjacent to an activating group) is 1. The predicted molar refractivity (Wildman–Crippen MR) is 80.8 cm³/mol. The maximum Gasteiger partial charge on any atom is 0.244 e. The zero-order valence-corrected chi connectivity index (χ0v) is 13.3. The topological polar surface area (TPSA) is 88.3 Å². The summed E-state index contributed by atoms with van der Waals surface area (Å²) >= 11 is 0. The minimum Gasteiger partial charge on any atom is -0.398 e. The van der Waals surface area contributed by atoms with Crippen LogP contribution in [0.5, 0.6) is 0 Å². The molecule has 1 unspecified atom stereocenters. The Morgan fingerprint density at radius 1 is 1.40 bits per heavy atom. The Bertz CT molecular complexity index is 519. The first-order valence-electron chi connectivity index (χ1n) is 6.59. The van der Waals surface area contributed by atoms with Crippen molar-refractivity contribution in [1.29, 1.82) is 0 Å². The maximum atomic E-state index is 12.4. The van der Waals surface area contributed by atoms with E-state index in [2.05, 4.69) is 23.6 Å². The van der Waals surface area contributed by atoms with Crippen LogP contribution in [-0.2, 0) is 10.0 Å². The Balaban J connectivity index is 2.94. The highest BCUT2D eigenvalue weighted by Crippen LogP contribution is 2.17. The van der Waals surface area contributed by atoms with Crippen LogP contribution in [0.25, 0.3) is 0 Å². The van der Waals surface area contributed by atoms with Crippen LogP contribution in [0, 0.1) is 5.92 Å². The first kappa shape index (κ1) is 16.9. The van der Waals surface area contributed by atoms with Gasteiger partial charge in [-0.05, 0) is 32.5 Å². The fourth-order valence-electron chi connectivity index (χ4n) is 2.07. The predicted octanol–water partition coefficient (Wildman–Crippen LogP) is 0.918. The average Bonchev–Trinajstić information content (AvgIpc) is 2.26. The summed E-state index contributed by atoms with van der Waals surface area (Å²) in [7, 11) is 0.188. The van der Waals surface area contributed by atoms with Crippen LogP contribution < -0.4 is 10.5 Å². The van der Waals surface area contributed by atoms with Gasteiger partial charge in [0.2, 0.25) is 10.0 Å². The summed E-state index contributed by atoms with van der Waals surface area (Å²) in [5.41, 5.74) is 5.92. The zero-order chi connectivity index (χ0) is 15.3. The number of anilines is 1. The van der Waals surface area contributed by atoms with E-state index in [1.54, 1.807) is 0 Å². The Morgan fingerprint density at radius 2 is 2.05 bits per heavy atom. The minimum absolute atomic E-state index is 0.0347. The standard InChI is InChI=1S/C13H24N4O2S/c1-10(2)7-11(9-17(3)4)16-20(18,19)13-8-15-6-5-12(13)14/h5-6,8,10-11,16H,7,9H2,1-4H3,(H2,14,15). The number of hydrogen-bond acceptors (Lipinski definition) is 5. The summed E-state index contributed by atoms with van der Waals surface area (Å²) in [6.07, 6.45) is 3.51. The van der Waals surface area contributed by atoms with Crippen molar-refractivity contribution in [2.24, 2.45) is 5.92 Å². The lowest BCUT2D eigenvalue weighted by Gasteiger charge is -2.24. The lowest BCUT2D eigenvalue weighted by molar-refractivity contribution is 0.329. The molecular weight excluding hydrogens is 276 g/mol. The van der Waals surface area contributed by atoms with Gasteiger partial charge in [0.05, 0.1) is 5.69 Å². The lowest BCUT2D eigenvalue weighted by atomic mass is 10.0. The van der Waals surface area contributed by atoms with Crippen molar-refractivity contribution in [3.8, 4) is 0 Å². The second-order valence-corrected chi connectivity index (χ2v) is 7.31. The molecule has 1 rings (SSSR count). The molecule has 0 aromatic carbocycles. The van der Waals surface area contributed by atoms with Crippen LogP contribution in [-0.4, -0.2) is 45.0 Å². The van der Waals surface area contributed by atoms with E-state index in [4.69, 9.17) is 5.73 Å². The van der Waals surface area contributed by atoms with E-state index in [0.29, 0.717) is 12.5 Å². The molecule has 1 aromatic heterocycles. The van der Waals surface area contributed by atoms with Crippen molar-refractivity contribution in [2.75, 3.05) is 26.4 Å². The highest BCUT2D eigenvalue weighted by molar-refractivity contribution is 7.89. The van der Waals surface area contributed by atoms with Crippen LogP contribution >= 0.6 is 0 Å². The van der Waals surface area contributed by atoms with Crippen molar-refractivity contribution in [3.63, 3.8) is 0 Å². The summed E-state index contributed by atoms with van der Waals surface area (Å²) in [5, 5.41) is 0. The number of nitrogen functional groups attached to an aromatic ring is 1. The fraction of sp³-hybridized carbons (Fsp3) is 0.615.